The first-order chi connectivity index (χ1) is 12.3. The summed E-state index contributed by atoms with van der Waals surface area (Å²) in [5.41, 5.74) is 2.72. The number of ether oxygens (including phenoxy) is 1. The van der Waals surface area contributed by atoms with Crippen molar-refractivity contribution in [1.82, 2.24) is 4.98 Å². The number of anilines is 2. The van der Waals surface area contributed by atoms with E-state index in [0.29, 0.717) is 34.9 Å². The summed E-state index contributed by atoms with van der Waals surface area (Å²) in [5, 5.41) is 20.1. The Bertz CT molecular complexity index is 867. The van der Waals surface area contributed by atoms with E-state index in [1.807, 2.05) is 30.1 Å². The second kappa shape index (κ2) is 6.50. The van der Waals surface area contributed by atoms with E-state index in [0.717, 1.165) is 5.69 Å². The molecule has 1 N–H and O–H groups in total. The molecule has 1 aliphatic heterocycles. The highest BCUT2D eigenvalue weighted by atomic mass is 16.5. The molecule has 0 saturated heterocycles. The normalized spacial score (nSPS) is 16.4. The molecule has 2 heterocycles. The van der Waals surface area contributed by atoms with Gasteiger partial charge in [-0.1, -0.05) is 26.8 Å². The van der Waals surface area contributed by atoms with Crippen LogP contribution in [0.4, 0.5) is 11.5 Å². The van der Waals surface area contributed by atoms with Gasteiger partial charge in [0.15, 0.2) is 5.82 Å². The monoisotopic (exact) mass is 352 g/mol. The van der Waals surface area contributed by atoms with Crippen LogP contribution in [0.15, 0.2) is 30.3 Å². The fourth-order valence-corrected chi connectivity index (χ4v) is 3.24. The molecular weight excluding hydrogens is 328 g/mol. The molecule has 6 heteroatoms. The van der Waals surface area contributed by atoms with Gasteiger partial charge in [0.25, 0.3) is 0 Å². The molecule has 1 atom stereocenters. The Morgan fingerprint density at radius 2 is 2.00 bits per heavy atom. The lowest BCUT2D eigenvalue weighted by Gasteiger charge is -2.31. The molecule has 1 aliphatic rings. The topological polar surface area (TPSA) is 72.6 Å². The third-order valence-corrected chi connectivity index (χ3v) is 4.39. The van der Waals surface area contributed by atoms with Gasteiger partial charge >= 0.3 is 0 Å². The van der Waals surface area contributed by atoms with Crippen molar-refractivity contribution in [3.8, 4) is 23.1 Å². The summed E-state index contributed by atoms with van der Waals surface area (Å²) in [5.74, 6) is 1.29. The summed E-state index contributed by atoms with van der Waals surface area (Å²) < 4.78 is 5.43. The zero-order valence-corrected chi connectivity index (χ0v) is 15.8. The van der Waals surface area contributed by atoms with Crippen LogP contribution in [0.5, 0.6) is 5.75 Å². The van der Waals surface area contributed by atoms with Gasteiger partial charge in [-0.2, -0.15) is 5.26 Å². The Labute approximate surface area is 154 Å². The first-order valence-electron chi connectivity index (χ1n) is 8.53. The van der Waals surface area contributed by atoms with Crippen molar-refractivity contribution in [3.05, 3.63) is 35.9 Å². The number of nitriles is 1. The molecule has 1 aromatic heterocycles. The minimum absolute atomic E-state index is 0.0265. The predicted molar refractivity (Wildman–Crippen MR) is 102 cm³/mol. The Balaban J connectivity index is 2.11. The summed E-state index contributed by atoms with van der Waals surface area (Å²) in [4.78, 5) is 8.43. The van der Waals surface area contributed by atoms with Crippen molar-refractivity contribution in [2.24, 2.45) is 5.41 Å². The summed E-state index contributed by atoms with van der Waals surface area (Å²) in [6.07, 6.45) is -0.764. The Kier molecular flexibility index (Phi) is 4.51. The second-order valence-corrected chi connectivity index (χ2v) is 7.68. The van der Waals surface area contributed by atoms with E-state index in [4.69, 9.17) is 9.72 Å². The van der Waals surface area contributed by atoms with Crippen LogP contribution in [-0.2, 0) is 0 Å². The van der Waals surface area contributed by atoms with Crippen molar-refractivity contribution >= 4 is 11.5 Å². The summed E-state index contributed by atoms with van der Waals surface area (Å²) in [7, 11) is 3.39. The lowest BCUT2D eigenvalue weighted by molar-refractivity contribution is 0.166. The number of hydrogen-bond acceptors (Lipinski definition) is 6. The van der Waals surface area contributed by atoms with E-state index >= 15 is 0 Å². The standard InChI is InChI=1S/C20H24N4O2/c1-20(2,3)12-24-15-10-9-14(22-18(15)23(4)19(24)25)17-13(11-21)7-6-8-16(17)26-5/h6-10,19,25H,12H2,1-5H3. The van der Waals surface area contributed by atoms with Gasteiger partial charge in [-0.25, -0.2) is 4.98 Å². The molecule has 0 aliphatic carbocycles. The number of aromatic nitrogens is 1. The Morgan fingerprint density at radius 3 is 2.62 bits per heavy atom. The molecule has 0 fully saturated rings. The maximum absolute atomic E-state index is 10.6. The molecule has 26 heavy (non-hydrogen) atoms. The number of methoxy groups -OCH3 is 1. The van der Waals surface area contributed by atoms with Crippen LogP contribution >= 0.6 is 0 Å². The molecule has 3 rings (SSSR count). The SMILES string of the molecule is COc1cccc(C#N)c1-c1ccc2c(n1)N(C)C(O)N2CC(C)(C)C. The maximum Gasteiger partial charge on any atom is 0.208 e. The van der Waals surface area contributed by atoms with Gasteiger partial charge in [0, 0.05) is 13.6 Å². The number of fused-ring (bicyclic) bond motifs is 1. The number of pyridine rings is 1. The van der Waals surface area contributed by atoms with Crippen LogP contribution in [0.25, 0.3) is 11.3 Å². The van der Waals surface area contributed by atoms with Gasteiger partial charge in [-0.15, -0.1) is 0 Å². The highest BCUT2D eigenvalue weighted by Crippen LogP contribution is 2.41. The van der Waals surface area contributed by atoms with Crippen LogP contribution in [-0.4, -0.2) is 37.1 Å². The second-order valence-electron chi connectivity index (χ2n) is 7.68. The molecule has 0 bridgehead atoms. The molecule has 0 amide bonds. The number of benzene rings is 1. The molecule has 0 saturated carbocycles. The lowest BCUT2D eigenvalue weighted by Crippen LogP contribution is -2.44. The predicted octanol–water partition coefficient (Wildman–Crippen LogP) is 3.21. The van der Waals surface area contributed by atoms with Crippen LogP contribution in [0, 0.1) is 16.7 Å². The van der Waals surface area contributed by atoms with Crippen molar-refractivity contribution in [1.29, 1.82) is 5.26 Å². The smallest absolute Gasteiger partial charge is 0.208 e. The van der Waals surface area contributed by atoms with Crippen molar-refractivity contribution in [2.45, 2.75) is 27.1 Å². The summed E-state index contributed by atoms with van der Waals surface area (Å²) >= 11 is 0. The van der Waals surface area contributed by atoms with E-state index in [1.165, 1.54) is 0 Å². The maximum atomic E-state index is 10.6. The van der Waals surface area contributed by atoms with Gasteiger partial charge < -0.3 is 19.6 Å². The third kappa shape index (κ3) is 3.06. The van der Waals surface area contributed by atoms with Crippen LogP contribution in [0.2, 0.25) is 0 Å². The average Bonchev–Trinajstić information content (AvgIpc) is 2.84. The van der Waals surface area contributed by atoms with Gasteiger partial charge in [-0.3, -0.25) is 0 Å². The van der Waals surface area contributed by atoms with Gasteiger partial charge in [0.2, 0.25) is 6.35 Å². The number of hydrogen-bond donors (Lipinski definition) is 1. The Morgan fingerprint density at radius 1 is 1.27 bits per heavy atom. The molecular formula is C20H24N4O2. The van der Waals surface area contributed by atoms with E-state index < -0.39 is 6.35 Å². The zero-order chi connectivity index (χ0) is 19.1. The van der Waals surface area contributed by atoms with E-state index in [1.54, 1.807) is 24.1 Å². The number of aliphatic hydroxyl groups is 1. The fourth-order valence-electron chi connectivity index (χ4n) is 3.24. The molecule has 1 aromatic carbocycles. The minimum Gasteiger partial charge on any atom is -0.496 e. The number of aliphatic hydroxyl groups excluding tert-OH is 1. The van der Waals surface area contributed by atoms with Crippen molar-refractivity contribution in [3.63, 3.8) is 0 Å². The van der Waals surface area contributed by atoms with Crippen LogP contribution < -0.4 is 14.5 Å². The molecule has 2 aromatic rings. The number of nitrogens with zero attached hydrogens (tertiary/aromatic N) is 4. The number of rotatable bonds is 3. The molecule has 0 spiro atoms. The molecule has 136 valence electrons. The summed E-state index contributed by atoms with van der Waals surface area (Å²) in [6, 6.07) is 11.4. The van der Waals surface area contributed by atoms with Crippen LogP contribution in [0.3, 0.4) is 0 Å². The van der Waals surface area contributed by atoms with E-state index in [2.05, 4.69) is 26.8 Å². The van der Waals surface area contributed by atoms with Gasteiger partial charge in [-0.05, 0) is 29.7 Å². The third-order valence-electron chi connectivity index (χ3n) is 4.39. The first-order valence-corrected chi connectivity index (χ1v) is 8.53. The van der Waals surface area contributed by atoms with Crippen molar-refractivity contribution in [2.75, 3.05) is 30.5 Å². The zero-order valence-electron chi connectivity index (χ0n) is 15.8. The molecule has 0 radical (unpaired) electrons. The first kappa shape index (κ1) is 18.0. The summed E-state index contributed by atoms with van der Waals surface area (Å²) in [6.45, 7) is 7.10. The molecule has 6 nitrogen and oxygen atoms in total. The van der Waals surface area contributed by atoms with Gasteiger partial charge in [0.05, 0.1) is 35.7 Å². The van der Waals surface area contributed by atoms with Crippen LogP contribution in [0.1, 0.15) is 26.3 Å². The fraction of sp³-hybridized carbons (Fsp3) is 0.400. The lowest BCUT2D eigenvalue weighted by atomic mass is 9.96. The van der Waals surface area contributed by atoms with E-state index in [-0.39, 0.29) is 5.41 Å². The van der Waals surface area contributed by atoms with E-state index in [9.17, 15) is 10.4 Å². The highest BCUT2D eigenvalue weighted by molar-refractivity contribution is 5.80. The minimum atomic E-state index is -0.764. The van der Waals surface area contributed by atoms with Crippen molar-refractivity contribution < 1.29 is 9.84 Å². The highest BCUT2D eigenvalue weighted by Gasteiger charge is 2.36. The Hall–Kier alpha value is -2.78. The quantitative estimate of drug-likeness (QED) is 0.914. The molecule has 1 unspecified atom stereocenters. The largest absolute Gasteiger partial charge is 0.496 e. The average molecular weight is 352 g/mol. The van der Waals surface area contributed by atoms with Gasteiger partial charge in [0.1, 0.15) is 5.75 Å².